The van der Waals surface area contributed by atoms with Gasteiger partial charge in [0.25, 0.3) is 0 Å². The molecule has 0 bridgehead atoms. The van der Waals surface area contributed by atoms with Crippen molar-refractivity contribution in [2.75, 3.05) is 29.1 Å². The van der Waals surface area contributed by atoms with E-state index in [9.17, 15) is 18.3 Å². The van der Waals surface area contributed by atoms with Crippen molar-refractivity contribution in [1.82, 2.24) is 4.98 Å². The van der Waals surface area contributed by atoms with E-state index in [-0.39, 0.29) is 17.9 Å². The van der Waals surface area contributed by atoms with Crippen LogP contribution in [0, 0.1) is 18.8 Å². The minimum Gasteiger partial charge on any atom is -0.393 e. The van der Waals surface area contributed by atoms with Crippen LogP contribution in [0.15, 0.2) is 48.7 Å². The van der Waals surface area contributed by atoms with Gasteiger partial charge >= 0.3 is 0 Å². The number of carbonyl (C=O) groups is 1. The normalized spacial score (nSPS) is 24.2. The highest BCUT2D eigenvalue weighted by atomic mass is 32.2. The summed E-state index contributed by atoms with van der Waals surface area (Å²) in [6.07, 6.45) is 12.5. The van der Waals surface area contributed by atoms with Crippen LogP contribution in [-0.4, -0.2) is 50.4 Å². The number of rotatable bonds is 9. The van der Waals surface area contributed by atoms with E-state index in [2.05, 4.69) is 46.3 Å². The second-order valence-corrected chi connectivity index (χ2v) is 16.4. The zero-order valence-corrected chi connectivity index (χ0v) is 27.7. The smallest absolute Gasteiger partial charge is 0.232 e. The molecule has 236 valence electrons. The number of aryl methyl sites for hydroxylation is 1. The van der Waals surface area contributed by atoms with Gasteiger partial charge in [-0.1, -0.05) is 24.3 Å². The molecule has 3 saturated carbocycles. The van der Waals surface area contributed by atoms with Gasteiger partial charge in [-0.15, -0.1) is 11.3 Å². The Hall–Kier alpha value is -2.75. The van der Waals surface area contributed by atoms with Gasteiger partial charge in [0.05, 0.1) is 27.9 Å². The Kier molecular flexibility index (Phi) is 9.18. The Labute approximate surface area is 266 Å². The van der Waals surface area contributed by atoms with Crippen molar-refractivity contribution >= 4 is 38.6 Å². The molecule has 0 atom stereocenters. The molecular formula is C35H45N3O4S2. The topological polar surface area (TPSA) is 90.8 Å². The number of anilines is 2. The highest BCUT2D eigenvalue weighted by Crippen LogP contribution is 2.44. The molecule has 0 spiro atoms. The van der Waals surface area contributed by atoms with Gasteiger partial charge in [-0.05, 0) is 118 Å². The van der Waals surface area contributed by atoms with Crippen molar-refractivity contribution in [1.29, 1.82) is 0 Å². The molecule has 0 unspecified atom stereocenters. The maximum Gasteiger partial charge on any atom is 0.232 e. The largest absolute Gasteiger partial charge is 0.393 e. The average molecular weight is 636 g/mol. The highest BCUT2D eigenvalue weighted by molar-refractivity contribution is 7.92. The highest BCUT2D eigenvalue weighted by Gasteiger charge is 2.33. The molecule has 1 aromatic heterocycles. The number of thiazole rings is 1. The maximum atomic E-state index is 14.1. The molecule has 0 saturated heterocycles. The molecule has 3 aliphatic rings. The van der Waals surface area contributed by atoms with Crippen molar-refractivity contribution in [3.63, 3.8) is 0 Å². The second kappa shape index (κ2) is 12.9. The minimum atomic E-state index is -3.31. The summed E-state index contributed by atoms with van der Waals surface area (Å²) in [4.78, 5) is 22.0. The van der Waals surface area contributed by atoms with Gasteiger partial charge in [0, 0.05) is 37.3 Å². The number of aromatic nitrogens is 1. The summed E-state index contributed by atoms with van der Waals surface area (Å²) in [7, 11) is -1.71. The Morgan fingerprint density at radius 1 is 0.955 bits per heavy atom. The lowest BCUT2D eigenvalue weighted by Crippen LogP contribution is -2.41. The number of benzene rings is 2. The number of amides is 1. The van der Waals surface area contributed by atoms with Crippen LogP contribution in [0.5, 0.6) is 0 Å². The van der Waals surface area contributed by atoms with E-state index in [0.717, 1.165) is 65.9 Å². The minimum absolute atomic E-state index is 0.0465. The van der Waals surface area contributed by atoms with Crippen LogP contribution in [-0.2, 0) is 14.8 Å². The number of aliphatic hydroxyl groups is 1. The van der Waals surface area contributed by atoms with Crippen molar-refractivity contribution < 1.29 is 18.3 Å². The Balaban J connectivity index is 1.17. The molecule has 1 amide bonds. The summed E-state index contributed by atoms with van der Waals surface area (Å²) in [6, 6.07) is 14.6. The predicted octanol–water partition coefficient (Wildman–Crippen LogP) is 7.25. The molecule has 3 aliphatic carbocycles. The van der Waals surface area contributed by atoms with E-state index < -0.39 is 10.0 Å². The first-order valence-corrected chi connectivity index (χ1v) is 18.8. The van der Waals surface area contributed by atoms with E-state index in [1.165, 1.54) is 34.0 Å². The standard InChI is InChI=1S/C35H45N3O4S2/c1-23-19-28(15-18-32(23)37(2)44(3,41)42)25-9-7-24(8-10-25)22-38(35(40)27-13-16-31(39)17-14-27)30-6-4-5-29(20-30)33-21-36-34(43-33)26-11-12-26/h4-6,15,18-21,24-27,31,39H,7-14,16-17,22H2,1-3H3/t24-,25-,27-,31-. The Morgan fingerprint density at radius 2 is 1.66 bits per heavy atom. The third-order valence-electron chi connectivity index (χ3n) is 10.0. The number of aliphatic hydroxyl groups excluding tert-OH is 1. The number of nitrogens with zero attached hydrogens (tertiary/aromatic N) is 3. The second-order valence-electron chi connectivity index (χ2n) is 13.3. The summed E-state index contributed by atoms with van der Waals surface area (Å²) in [5.41, 5.74) is 5.04. The van der Waals surface area contributed by atoms with Crippen molar-refractivity contribution in [2.45, 2.75) is 89.1 Å². The van der Waals surface area contributed by atoms with Crippen LogP contribution in [0.25, 0.3) is 10.4 Å². The van der Waals surface area contributed by atoms with E-state index in [0.29, 0.717) is 37.1 Å². The van der Waals surface area contributed by atoms with Crippen LogP contribution < -0.4 is 9.21 Å². The van der Waals surface area contributed by atoms with Crippen LogP contribution >= 0.6 is 11.3 Å². The zero-order chi connectivity index (χ0) is 31.0. The third kappa shape index (κ3) is 7.05. The fourth-order valence-electron chi connectivity index (χ4n) is 7.03. The number of hydrogen-bond acceptors (Lipinski definition) is 6. The van der Waals surface area contributed by atoms with E-state index in [1.54, 1.807) is 18.4 Å². The fraction of sp³-hybridized carbons (Fsp3) is 0.543. The summed E-state index contributed by atoms with van der Waals surface area (Å²) in [5, 5.41) is 11.3. The molecule has 1 N–H and O–H groups in total. The van der Waals surface area contributed by atoms with Gasteiger partial charge in [0.2, 0.25) is 15.9 Å². The van der Waals surface area contributed by atoms with Gasteiger partial charge in [-0.2, -0.15) is 0 Å². The summed E-state index contributed by atoms with van der Waals surface area (Å²) in [6.45, 7) is 2.69. The van der Waals surface area contributed by atoms with E-state index in [4.69, 9.17) is 0 Å². The third-order valence-corrected chi connectivity index (χ3v) is 12.4. The lowest BCUT2D eigenvalue weighted by molar-refractivity contribution is -0.124. The predicted molar refractivity (Wildman–Crippen MR) is 179 cm³/mol. The molecule has 1 heterocycles. The summed E-state index contributed by atoms with van der Waals surface area (Å²) < 4.78 is 25.5. The molecule has 3 aromatic rings. The van der Waals surface area contributed by atoms with Gasteiger partial charge in [0.15, 0.2) is 0 Å². The van der Waals surface area contributed by atoms with Gasteiger partial charge < -0.3 is 10.0 Å². The number of sulfonamides is 1. The molecule has 0 aliphatic heterocycles. The summed E-state index contributed by atoms with van der Waals surface area (Å²) in [5.74, 6) is 1.62. The molecule has 44 heavy (non-hydrogen) atoms. The Bertz CT molecular complexity index is 1580. The Morgan fingerprint density at radius 3 is 2.32 bits per heavy atom. The van der Waals surface area contributed by atoms with Gasteiger partial charge in [-0.25, -0.2) is 13.4 Å². The first-order valence-electron chi connectivity index (χ1n) is 16.2. The molecule has 0 radical (unpaired) electrons. The lowest BCUT2D eigenvalue weighted by Gasteiger charge is -2.36. The summed E-state index contributed by atoms with van der Waals surface area (Å²) >= 11 is 1.78. The van der Waals surface area contributed by atoms with Gasteiger partial charge in [0.1, 0.15) is 0 Å². The van der Waals surface area contributed by atoms with Crippen molar-refractivity contribution in [3.05, 3.63) is 64.8 Å². The van der Waals surface area contributed by atoms with Crippen LogP contribution in [0.3, 0.4) is 0 Å². The molecule has 9 heteroatoms. The van der Waals surface area contributed by atoms with Crippen LogP contribution in [0.4, 0.5) is 11.4 Å². The number of hydrogen-bond donors (Lipinski definition) is 1. The lowest BCUT2D eigenvalue weighted by atomic mass is 9.78. The number of carbonyl (C=O) groups excluding carboxylic acids is 1. The zero-order valence-electron chi connectivity index (χ0n) is 26.1. The van der Waals surface area contributed by atoms with Gasteiger partial charge in [-0.3, -0.25) is 9.10 Å². The fourth-order valence-corrected chi connectivity index (χ4v) is 8.68. The maximum absolute atomic E-state index is 14.1. The average Bonchev–Trinajstić information content (AvgIpc) is 3.75. The first kappa shape index (κ1) is 31.2. The van der Waals surface area contributed by atoms with E-state index in [1.807, 2.05) is 19.2 Å². The molecule has 7 nitrogen and oxygen atoms in total. The van der Waals surface area contributed by atoms with Crippen LogP contribution in [0.1, 0.15) is 92.2 Å². The molecule has 6 rings (SSSR count). The first-order chi connectivity index (χ1) is 21.1. The monoisotopic (exact) mass is 635 g/mol. The van der Waals surface area contributed by atoms with Crippen molar-refractivity contribution in [3.8, 4) is 10.4 Å². The SMILES string of the molecule is Cc1cc([C@H]2CC[C@H](CN(c3cccc(-c4cnc(C5CC5)s4)c3)C(=O)[C@H]3CC[C@H](O)CC3)CC2)ccc1N(C)S(C)(=O)=O. The molecular weight excluding hydrogens is 591 g/mol. The quantitative estimate of drug-likeness (QED) is 0.268. The van der Waals surface area contributed by atoms with E-state index >= 15 is 0 Å². The molecule has 2 aromatic carbocycles. The van der Waals surface area contributed by atoms with Crippen molar-refractivity contribution in [2.24, 2.45) is 11.8 Å². The van der Waals surface area contributed by atoms with Crippen LogP contribution in [0.2, 0.25) is 0 Å². The molecule has 3 fully saturated rings.